The fourth-order valence-corrected chi connectivity index (χ4v) is 29.3. The van der Waals surface area contributed by atoms with Crippen LogP contribution in [0.4, 0.5) is 45.5 Å². The fourth-order valence-electron chi connectivity index (χ4n) is 19.7. The number of halogens is 2. The summed E-state index contributed by atoms with van der Waals surface area (Å²) in [6, 6.07) is 54.5. The summed E-state index contributed by atoms with van der Waals surface area (Å²) >= 11 is -0.826. The summed E-state index contributed by atoms with van der Waals surface area (Å²) in [6.45, 7) is 20.5. The van der Waals surface area contributed by atoms with Crippen LogP contribution in [0.15, 0.2) is 168 Å². The van der Waals surface area contributed by atoms with Gasteiger partial charge in [-0.2, -0.15) is 0 Å². The molecule has 8 aromatic carbocycles. The first-order chi connectivity index (χ1) is 44.9. The van der Waals surface area contributed by atoms with Gasteiger partial charge in [0, 0.05) is 89.9 Å². The first kappa shape index (κ1) is 68.7. The van der Waals surface area contributed by atoms with Crippen molar-refractivity contribution in [3.8, 4) is 0 Å². The Bertz CT molecular complexity index is 4240. The van der Waals surface area contributed by atoms with Gasteiger partial charge in [-0.1, -0.05) is 169 Å². The summed E-state index contributed by atoms with van der Waals surface area (Å²) in [5.74, 6) is 0. The summed E-state index contributed by atoms with van der Waals surface area (Å²) in [5.41, 5.74) is 43.9. The van der Waals surface area contributed by atoms with E-state index in [9.17, 15) is 0 Å². The van der Waals surface area contributed by atoms with Gasteiger partial charge in [0.05, 0.1) is 33.2 Å². The van der Waals surface area contributed by atoms with E-state index >= 15 is 0 Å². The van der Waals surface area contributed by atoms with E-state index in [0.29, 0.717) is 16.6 Å². The molecule has 8 aromatic rings. The third-order valence-electron chi connectivity index (χ3n) is 23.1. The molecule has 0 aromatic heterocycles. The number of rotatable bonds is 12. The zero-order chi connectivity index (χ0) is 64.8. The summed E-state index contributed by atoms with van der Waals surface area (Å²) in [5, 5.41) is 1.72. The molecular formula is C86H98Cl2N4Si2Zr. The van der Waals surface area contributed by atoms with Crippen molar-refractivity contribution in [1.29, 1.82) is 0 Å². The maximum absolute atomic E-state index is 4.93. The molecule has 0 saturated heterocycles. The second kappa shape index (κ2) is 27.6. The van der Waals surface area contributed by atoms with Gasteiger partial charge >= 0.3 is 37.9 Å². The number of para-hydroxylation sites is 4. The van der Waals surface area contributed by atoms with Crippen LogP contribution in [0.25, 0.3) is 23.4 Å². The summed E-state index contributed by atoms with van der Waals surface area (Å²) in [4.78, 5) is 9.94. The maximum atomic E-state index is 4.93. The number of hydrogen-bond acceptors (Lipinski definition) is 4. The Balaban J connectivity index is 0.000000171. The van der Waals surface area contributed by atoms with Gasteiger partial charge in [0.15, 0.2) is 0 Å². The summed E-state index contributed by atoms with van der Waals surface area (Å²) in [6.07, 6.45) is 23.5. The van der Waals surface area contributed by atoms with Crippen LogP contribution in [-0.4, -0.2) is 44.3 Å². The van der Waals surface area contributed by atoms with E-state index in [-0.39, 0.29) is 14.9 Å². The van der Waals surface area contributed by atoms with E-state index < -0.39 is 37.0 Å². The molecule has 0 N–H and O–H groups in total. The average molecular weight is 1410 g/mol. The van der Waals surface area contributed by atoms with Gasteiger partial charge in [0.2, 0.25) is 0 Å². The SMILES string of the molecule is CC1=Cc2c(cc3c(c2N(C)c2ccccc2)CCC3)C1[Si](C)(C)C1=C(C)Cc2c1cc1c(c2N(C)c2ccccc2)CCC1.CC1=Cc2c(cc3c(c2N(C)c2ccccc2)CCC3)C1[Si](C)(C)C1C(C)=Cc2c1cc1c(c2N(C)c2ccccc2)CCC1.[CH3-].[CH3-].[Cl][Zr+2][Cl]. The molecule has 0 saturated carbocycles. The molecule has 16 rings (SSSR count). The molecule has 8 aliphatic rings. The molecule has 0 radical (unpaired) electrons. The Labute approximate surface area is 591 Å². The molecule has 3 unspecified atom stereocenters. The predicted molar refractivity (Wildman–Crippen MR) is 417 cm³/mol. The van der Waals surface area contributed by atoms with Crippen molar-refractivity contribution in [2.24, 2.45) is 0 Å². The summed E-state index contributed by atoms with van der Waals surface area (Å²) in [7, 11) is 15.0. The number of anilines is 8. The standard InChI is InChI=1S/2C42H46N2Si.2CH3.2ClH.Zr/c2*1-27-23-35-37(25-29-15-13-21-33(29)39(35)43(3)31-17-9-7-10-18-31)41(27)45(5,6)42-28(2)24-36-38(42)26-30-16-14-22-34(30)40(36)44(4)32-19-11-8-12-20-32;;;;;/h7-12,17-20,23,25-26,41H,13-16,21-22,24H2,1-6H3;7-12,17-20,23-26,41-42H,13-16,21-22H2,1-6H3;2*1H3;2*1H;/q;;2*-1;;;+4/p-2. The van der Waals surface area contributed by atoms with Crippen LogP contribution in [0.5, 0.6) is 0 Å². The minimum absolute atomic E-state index is 0. The third kappa shape index (κ3) is 11.8. The number of allylic oxidation sites excluding steroid dienone is 4. The number of hydrogen-bond donors (Lipinski definition) is 0. The molecule has 0 fully saturated rings. The van der Waals surface area contributed by atoms with Gasteiger partial charge in [0.1, 0.15) is 0 Å². The molecule has 3 atom stereocenters. The normalized spacial score (nSPS) is 17.9. The van der Waals surface area contributed by atoms with Crippen LogP contribution < -0.4 is 19.6 Å². The third-order valence-corrected chi connectivity index (χ3v) is 31.8. The van der Waals surface area contributed by atoms with E-state index in [1.54, 1.807) is 99.8 Å². The Kier molecular flexibility index (Phi) is 20.0. The van der Waals surface area contributed by atoms with Crippen molar-refractivity contribution in [2.75, 3.05) is 47.8 Å². The Morgan fingerprint density at radius 1 is 0.379 bits per heavy atom. The zero-order valence-electron chi connectivity index (χ0n) is 59.1. The van der Waals surface area contributed by atoms with Crippen LogP contribution >= 0.6 is 17.0 Å². The first-order valence-electron chi connectivity index (χ1n) is 34.5. The molecule has 0 heterocycles. The number of nitrogens with zero attached hydrogens (tertiary/aromatic N) is 4. The average Bonchev–Trinajstić information content (AvgIpc) is 1.58. The Hall–Kier alpha value is -6.18. The van der Waals surface area contributed by atoms with Crippen LogP contribution in [0.2, 0.25) is 26.2 Å². The Morgan fingerprint density at radius 3 is 1.00 bits per heavy atom. The topological polar surface area (TPSA) is 13.0 Å². The van der Waals surface area contributed by atoms with Crippen molar-refractivity contribution < 1.29 is 20.8 Å². The van der Waals surface area contributed by atoms with Crippen LogP contribution in [0.1, 0.15) is 159 Å². The van der Waals surface area contributed by atoms with Crippen LogP contribution in [-0.2, 0) is 78.6 Å². The van der Waals surface area contributed by atoms with Crippen LogP contribution in [0, 0.1) is 14.9 Å². The molecule has 0 amide bonds. The summed E-state index contributed by atoms with van der Waals surface area (Å²) < 4.78 is 0. The van der Waals surface area contributed by atoms with Gasteiger partial charge in [-0.15, -0.1) is 0 Å². The van der Waals surface area contributed by atoms with E-state index in [0.717, 1.165) is 6.42 Å². The Morgan fingerprint density at radius 2 is 0.663 bits per heavy atom. The second-order valence-electron chi connectivity index (χ2n) is 29.4. The van der Waals surface area contributed by atoms with Crippen molar-refractivity contribution in [3.63, 3.8) is 0 Å². The van der Waals surface area contributed by atoms with Crippen molar-refractivity contribution in [3.05, 3.63) is 272 Å². The van der Waals surface area contributed by atoms with E-state index in [4.69, 9.17) is 17.0 Å². The molecule has 488 valence electrons. The fraction of sp³-hybridized carbons (Fsp3) is 0.326. The molecule has 0 aliphatic heterocycles. The quantitative estimate of drug-likeness (QED) is 0.0893. The zero-order valence-corrected chi connectivity index (χ0v) is 65.0. The van der Waals surface area contributed by atoms with Gasteiger partial charge in [-0.05, 0) is 232 Å². The number of aryl methyl sites for hydroxylation is 4. The van der Waals surface area contributed by atoms with Crippen LogP contribution in [0.3, 0.4) is 0 Å². The van der Waals surface area contributed by atoms with Gasteiger partial charge in [-0.25, -0.2) is 0 Å². The molecule has 0 bridgehead atoms. The predicted octanol–water partition coefficient (Wildman–Crippen LogP) is 23.5. The minimum atomic E-state index is -2.03. The van der Waals surface area contributed by atoms with Gasteiger partial charge in [0.25, 0.3) is 0 Å². The molecule has 95 heavy (non-hydrogen) atoms. The monoisotopic (exact) mass is 1400 g/mol. The van der Waals surface area contributed by atoms with Gasteiger partial charge in [-0.3, -0.25) is 0 Å². The molecular weight excluding hydrogens is 1310 g/mol. The molecule has 4 nitrogen and oxygen atoms in total. The van der Waals surface area contributed by atoms with E-state index in [1.165, 1.54) is 139 Å². The van der Waals surface area contributed by atoms with Crippen molar-refractivity contribution in [1.82, 2.24) is 0 Å². The number of benzene rings is 8. The molecule has 9 heteroatoms. The first-order valence-corrected chi connectivity index (χ1v) is 47.1. The second-order valence-corrected chi connectivity index (χ2v) is 42.4. The van der Waals surface area contributed by atoms with Crippen molar-refractivity contribution in [2.45, 2.75) is 154 Å². The van der Waals surface area contributed by atoms with Crippen molar-refractivity contribution >= 4 is 102 Å². The molecule has 0 spiro atoms. The van der Waals surface area contributed by atoms with E-state index in [2.05, 4.69) is 265 Å². The molecule has 8 aliphatic carbocycles. The van der Waals surface area contributed by atoms with Gasteiger partial charge < -0.3 is 34.5 Å². The van der Waals surface area contributed by atoms with E-state index in [1.807, 2.05) is 0 Å². The number of fused-ring (bicyclic) bond motifs is 8.